The van der Waals surface area contributed by atoms with E-state index in [0.29, 0.717) is 24.8 Å². The van der Waals surface area contributed by atoms with Crippen molar-refractivity contribution in [2.24, 2.45) is 0 Å². The van der Waals surface area contributed by atoms with E-state index >= 15 is 0 Å². The van der Waals surface area contributed by atoms with Crippen LogP contribution in [0.25, 0.3) is 0 Å². The van der Waals surface area contributed by atoms with Crippen molar-refractivity contribution >= 4 is 23.9 Å². The number of esters is 4. The maximum Gasteiger partial charge on any atom is 0.339 e. The molecule has 1 atom stereocenters. The maximum atomic E-state index is 12.5. The van der Waals surface area contributed by atoms with Crippen molar-refractivity contribution in [2.45, 2.75) is 52.9 Å². The summed E-state index contributed by atoms with van der Waals surface area (Å²) in [6.07, 6.45) is 7.64. The van der Waals surface area contributed by atoms with E-state index in [-0.39, 0.29) is 54.6 Å². The Balaban J connectivity index is 2.23. The van der Waals surface area contributed by atoms with Gasteiger partial charge in [-0.2, -0.15) is 0 Å². The minimum atomic E-state index is -0.624. The van der Waals surface area contributed by atoms with Gasteiger partial charge in [0.15, 0.2) is 0 Å². The van der Waals surface area contributed by atoms with E-state index in [9.17, 15) is 19.2 Å². The summed E-state index contributed by atoms with van der Waals surface area (Å²) in [6.45, 7) is 7.46. The van der Waals surface area contributed by atoms with Crippen LogP contribution >= 0.6 is 0 Å². The van der Waals surface area contributed by atoms with Gasteiger partial charge in [-0.25, -0.2) is 19.2 Å². The molecule has 8 heteroatoms. The third-order valence-corrected chi connectivity index (χ3v) is 5.67. The van der Waals surface area contributed by atoms with Crippen molar-refractivity contribution in [3.8, 4) is 12.3 Å². The van der Waals surface area contributed by atoms with Crippen LogP contribution in [0.2, 0.25) is 0 Å². The molecule has 0 aliphatic heterocycles. The number of carbonyl (C=O) groups is 4. The standard InChI is InChI=1S/C30H34O8/c1-6-21(22-15-17-24(28(32)36-8-3)26(19-22)30(34)38-10-5)13-11-12-20-14-16-23(27(31)35-7-2)25(18-20)29(33)37-9-4/h1,14-19,21H,7-13H2,2-5H3. The van der Waals surface area contributed by atoms with Gasteiger partial charge in [0.25, 0.3) is 0 Å². The molecule has 0 radical (unpaired) electrons. The van der Waals surface area contributed by atoms with Crippen LogP contribution in [0.4, 0.5) is 0 Å². The summed E-state index contributed by atoms with van der Waals surface area (Å²) >= 11 is 0. The first-order chi connectivity index (χ1) is 18.3. The van der Waals surface area contributed by atoms with Crippen LogP contribution in [0, 0.1) is 12.3 Å². The summed E-state index contributed by atoms with van der Waals surface area (Å²) in [5, 5.41) is 0. The predicted octanol–water partition coefficient (Wildman–Crippen LogP) is 5.13. The van der Waals surface area contributed by atoms with Crippen LogP contribution in [0.3, 0.4) is 0 Å². The van der Waals surface area contributed by atoms with E-state index in [1.165, 1.54) is 6.07 Å². The molecule has 2 rings (SSSR count). The lowest BCUT2D eigenvalue weighted by atomic mass is 9.90. The monoisotopic (exact) mass is 522 g/mol. The minimum absolute atomic E-state index is 0.108. The molecule has 0 spiro atoms. The maximum absolute atomic E-state index is 12.5. The van der Waals surface area contributed by atoms with Crippen molar-refractivity contribution in [3.05, 3.63) is 69.8 Å². The van der Waals surface area contributed by atoms with Gasteiger partial charge < -0.3 is 18.9 Å². The summed E-state index contributed by atoms with van der Waals surface area (Å²) in [7, 11) is 0. The molecular formula is C30H34O8. The molecule has 0 saturated carbocycles. The average molecular weight is 523 g/mol. The fourth-order valence-electron chi connectivity index (χ4n) is 3.91. The molecule has 2 aromatic rings. The van der Waals surface area contributed by atoms with E-state index in [1.807, 2.05) is 0 Å². The predicted molar refractivity (Wildman–Crippen MR) is 141 cm³/mol. The molecule has 8 nitrogen and oxygen atoms in total. The molecule has 1 unspecified atom stereocenters. The largest absolute Gasteiger partial charge is 0.462 e. The summed E-state index contributed by atoms with van der Waals surface area (Å²) in [4.78, 5) is 49.6. The Bertz CT molecular complexity index is 1190. The van der Waals surface area contributed by atoms with Crippen LogP contribution in [0.5, 0.6) is 0 Å². The number of hydrogen-bond acceptors (Lipinski definition) is 8. The van der Waals surface area contributed by atoms with Crippen LogP contribution in [0.15, 0.2) is 36.4 Å². The van der Waals surface area contributed by atoms with Gasteiger partial charge in [-0.15, -0.1) is 6.42 Å². The second-order valence-corrected chi connectivity index (χ2v) is 8.18. The Morgan fingerprint density at radius 1 is 0.684 bits per heavy atom. The number of terminal acetylenes is 1. The van der Waals surface area contributed by atoms with Crippen molar-refractivity contribution in [1.29, 1.82) is 0 Å². The molecular weight excluding hydrogens is 488 g/mol. The SMILES string of the molecule is C#CC(CCCc1ccc(C(=O)OCC)c(C(=O)OCC)c1)c1ccc(C(=O)OCC)c(C(=O)OCC)c1. The first kappa shape index (κ1) is 30.1. The van der Waals surface area contributed by atoms with Gasteiger partial charge in [0.05, 0.1) is 48.7 Å². The van der Waals surface area contributed by atoms with Gasteiger partial charge in [-0.1, -0.05) is 18.1 Å². The van der Waals surface area contributed by atoms with Crippen LogP contribution < -0.4 is 0 Å². The van der Waals surface area contributed by atoms with Gasteiger partial charge in [0, 0.05) is 5.92 Å². The topological polar surface area (TPSA) is 105 Å². The molecule has 0 aliphatic carbocycles. The highest BCUT2D eigenvalue weighted by Crippen LogP contribution is 2.26. The Kier molecular flexibility index (Phi) is 12.0. The Labute approximate surface area is 223 Å². The van der Waals surface area contributed by atoms with Gasteiger partial charge in [-0.05, 0) is 82.3 Å². The third-order valence-electron chi connectivity index (χ3n) is 5.67. The molecule has 0 saturated heterocycles. The summed E-state index contributed by atoms with van der Waals surface area (Å²) < 4.78 is 20.4. The lowest BCUT2D eigenvalue weighted by molar-refractivity contribution is 0.0479. The fraction of sp³-hybridized carbons (Fsp3) is 0.400. The van der Waals surface area contributed by atoms with E-state index in [0.717, 1.165) is 5.56 Å². The van der Waals surface area contributed by atoms with E-state index in [4.69, 9.17) is 25.4 Å². The normalized spacial score (nSPS) is 11.1. The Morgan fingerprint density at radius 3 is 1.61 bits per heavy atom. The zero-order valence-electron chi connectivity index (χ0n) is 22.3. The first-order valence-corrected chi connectivity index (χ1v) is 12.7. The number of ether oxygens (including phenoxy) is 4. The van der Waals surface area contributed by atoms with E-state index in [2.05, 4.69) is 5.92 Å². The lowest BCUT2D eigenvalue weighted by Gasteiger charge is -2.15. The van der Waals surface area contributed by atoms with Gasteiger partial charge in [0.1, 0.15) is 0 Å². The molecule has 0 heterocycles. The molecule has 0 amide bonds. The highest BCUT2D eigenvalue weighted by Gasteiger charge is 2.22. The summed E-state index contributed by atoms with van der Waals surface area (Å²) in [5.41, 5.74) is 2.08. The Hall–Kier alpha value is -4.12. The zero-order valence-corrected chi connectivity index (χ0v) is 22.3. The van der Waals surface area contributed by atoms with Crippen LogP contribution in [-0.4, -0.2) is 50.3 Å². The molecule has 0 bridgehead atoms. The minimum Gasteiger partial charge on any atom is -0.462 e. The van der Waals surface area contributed by atoms with E-state index < -0.39 is 23.9 Å². The van der Waals surface area contributed by atoms with Gasteiger partial charge >= 0.3 is 23.9 Å². The number of benzene rings is 2. The zero-order chi connectivity index (χ0) is 28.1. The van der Waals surface area contributed by atoms with Crippen molar-refractivity contribution in [2.75, 3.05) is 26.4 Å². The summed E-state index contributed by atoms with van der Waals surface area (Å²) in [5.74, 6) is 0.0189. The van der Waals surface area contributed by atoms with Crippen molar-refractivity contribution < 1.29 is 38.1 Å². The summed E-state index contributed by atoms with van der Waals surface area (Å²) in [6, 6.07) is 9.81. The number of hydrogen-bond donors (Lipinski definition) is 0. The number of aryl methyl sites for hydroxylation is 1. The number of carbonyl (C=O) groups excluding carboxylic acids is 4. The second kappa shape index (κ2) is 15.2. The fourth-order valence-corrected chi connectivity index (χ4v) is 3.91. The van der Waals surface area contributed by atoms with Crippen molar-refractivity contribution in [1.82, 2.24) is 0 Å². The molecule has 0 fully saturated rings. The Morgan fingerprint density at radius 2 is 1.13 bits per heavy atom. The molecule has 202 valence electrons. The van der Waals surface area contributed by atoms with E-state index in [1.54, 1.807) is 58.0 Å². The smallest absolute Gasteiger partial charge is 0.339 e. The van der Waals surface area contributed by atoms with Crippen LogP contribution in [0.1, 0.15) is 99.0 Å². The van der Waals surface area contributed by atoms with Gasteiger partial charge in [-0.3, -0.25) is 0 Å². The molecule has 2 aromatic carbocycles. The average Bonchev–Trinajstić information content (AvgIpc) is 2.91. The highest BCUT2D eigenvalue weighted by molar-refractivity contribution is 6.04. The van der Waals surface area contributed by atoms with Crippen molar-refractivity contribution in [3.63, 3.8) is 0 Å². The lowest BCUT2D eigenvalue weighted by Crippen LogP contribution is -2.15. The van der Waals surface area contributed by atoms with Gasteiger partial charge in [0.2, 0.25) is 0 Å². The molecule has 38 heavy (non-hydrogen) atoms. The third kappa shape index (κ3) is 7.94. The number of rotatable bonds is 13. The second-order valence-electron chi connectivity index (χ2n) is 8.18. The molecule has 0 aliphatic rings. The highest BCUT2D eigenvalue weighted by atomic mass is 16.5. The van der Waals surface area contributed by atoms with Crippen LogP contribution in [-0.2, 0) is 25.4 Å². The molecule has 0 N–H and O–H groups in total. The first-order valence-electron chi connectivity index (χ1n) is 12.7. The molecule has 0 aromatic heterocycles. The quantitative estimate of drug-likeness (QED) is 0.202.